The summed E-state index contributed by atoms with van der Waals surface area (Å²) in [6.45, 7) is 4.16. The molecule has 0 unspecified atom stereocenters. The van der Waals surface area contributed by atoms with Crippen LogP contribution in [0.5, 0.6) is 0 Å². The van der Waals surface area contributed by atoms with Crippen molar-refractivity contribution in [2.45, 2.75) is 32.1 Å². The number of hydrogen-bond acceptors (Lipinski definition) is 3. The molecule has 3 heteroatoms. The van der Waals surface area contributed by atoms with Gasteiger partial charge in [-0.05, 0) is 18.6 Å². The Labute approximate surface area is 90.5 Å². The maximum Gasteiger partial charge on any atom is 0.305 e. The summed E-state index contributed by atoms with van der Waals surface area (Å²) in [5.74, 6) is -0.168. The van der Waals surface area contributed by atoms with Crippen LogP contribution in [0.15, 0.2) is 24.4 Å². The topological polar surface area (TPSA) is 39.2 Å². The van der Waals surface area contributed by atoms with Gasteiger partial charge in [0, 0.05) is 23.7 Å². The monoisotopic (exact) mass is 207 g/mol. The van der Waals surface area contributed by atoms with Gasteiger partial charge in [-0.15, -0.1) is 0 Å². The van der Waals surface area contributed by atoms with Crippen molar-refractivity contribution in [3.05, 3.63) is 30.1 Å². The second-order valence-corrected chi connectivity index (χ2v) is 4.17. The van der Waals surface area contributed by atoms with Crippen molar-refractivity contribution in [3.8, 4) is 0 Å². The van der Waals surface area contributed by atoms with Crippen LogP contribution >= 0.6 is 0 Å². The standard InChI is InChI=1S/C12H17NO2/c1-12(2,8-7-11(14)15-3)10-6-4-5-9-13-10/h4-6,9H,7-8H2,1-3H3. The Morgan fingerprint density at radius 3 is 2.73 bits per heavy atom. The summed E-state index contributed by atoms with van der Waals surface area (Å²) in [7, 11) is 1.41. The summed E-state index contributed by atoms with van der Waals surface area (Å²) >= 11 is 0. The fraction of sp³-hybridized carbons (Fsp3) is 0.500. The largest absolute Gasteiger partial charge is 0.469 e. The molecule has 0 aliphatic carbocycles. The van der Waals surface area contributed by atoms with E-state index >= 15 is 0 Å². The molecule has 15 heavy (non-hydrogen) atoms. The number of carbonyl (C=O) groups excluding carboxylic acids is 1. The quantitative estimate of drug-likeness (QED) is 0.711. The first kappa shape index (κ1) is 11.7. The lowest BCUT2D eigenvalue weighted by Gasteiger charge is -2.23. The highest BCUT2D eigenvalue weighted by Crippen LogP contribution is 2.26. The highest BCUT2D eigenvalue weighted by atomic mass is 16.5. The Balaban J connectivity index is 2.63. The fourth-order valence-corrected chi connectivity index (χ4v) is 1.41. The number of methoxy groups -OCH3 is 1. The van der Waals surface area contributed by atoms with Crippen molar-refractivity contribution in [3.63, 3.8) is 0 Å². The van der Waals surface area contributed by atoms with Crippen molar-refractivity contribution < 1.29 is 9.53 Å². The van der Waals surface area contributed by atoms with E-state index in [-0.39, 0.29) is 11.4 Å². The van der Waals surface area contributed by atoms with Crippen molar-refractivity contribution in [2.24, 2.45) is 0 Å². The molecule has 1 heterocycles. The summed E-state index contributed by atoms with van der Waals surface area (Å²) in [5, 5.41) is 0. The van der Waals surface area contributed by atoms with Crippen molar-refractivity contribution in [1.29, 1.82) is 0 Å². The molecule has 0 spiro atoms. The predicted octanol–water partition coefficient (Wildman–Crippen LogP) is 2.31. The second kappa shape index (κ2) is 4.91. The molecule has 82 valence electrons. The number of aromatic nitrogens is 1. The van der Waals surface area contributed by atoms with Crippen LogP contribution in [0, 0.1) is 0 Å². The van der Waals surface area contributed by atoms with E-state index in [0.717, 1.165) is 12.1 Å². The molecule has 0 aliphatic rings. The number of hydrogen-bond donors (Lipinski definition) is 0. The highest BCUT2D eigenvalue weighted by Gasteiger charge is 2.22. The van der Waals surface area contributed by atoms with Gasteiger partial charge in [-0.3, -0.25) is 9.78 Å². The predicted molar refractivity (Wildman–Crippen MR) is 58.5 cm³/mol. The lowest BCUT2D eigenvalue weighted by Crippen LogP contribution is -2.20. The molecule has 0 aliphatic heterocycles. The van der Waals surface area contributed by atoms with E-state index in [0.29, 0.717) is 6.42 Å². The van der Waals surface area contributed by atoms with Gasteiger partial charge in [0.15, 0.2) is 0 Å². The van der Waals surface area contributed by atoms with Gasteiger partial charge in [0.05, 0.1) is 7.11 Å². The summed E-state index contributed by atoms with van der Waals surface area (Å²) in [4.78, 5) is 15.3. The maximum atomic E-state index is 11.0. The molecule has 0 aromatic carbocycles. The minimum atomic E-state index is -0.168. The number of pyridine rings is 1. The van der Waals surface area contributed by atoms with Gasteiger partial charge in [0.2, 0.25) is 0 Å². The number of carbonyl (C=O) groups is 1. The molecule has 0 atom stereocenters. The lowest BCUT2D eigenvalue weighted by atomic mass is 9.84. The van der Waals surface area contributed by atoms with E-state index in [1.165, 1.54) is 7.11 Å². The molecule has 1 rings (SSSR count). The van der Waals surface area contributed by atoms with E-state index in [2.05, 4.69) is 23.6 Å². The Morgan fingerprint density at radius 1 is 1.47 bits per heavy atom. The molecule has 0 bridgehead atoms. The van der Waals surface area contributed by atoms with Gasteiger partial charge in [0.25, 0.3) is 0 Å². The van der Waals surface area contributed by atoms with Gasteiger partial charge in [-0.1, -0.05) is 19.9 Å². The SMILES string of the molecule is COC(=O)CCC(C)(C)c1ccccn1. The summed E-state index contributed by atoms with van der Waals surface area (Å²) < 4.78 is 4.62. The number of rotatable bonds is 4. The minimum absolute atomic E-state index is 0.0878. The van der Waals surface area contributed by atoms with Crippen molar-refractivity contribution in [1.82, 2.24) is 4.98 Å². The van der Waals surface area contributed by atoms with Crippen LogP contribution in [0.3, 0.4) is 0 Å². The average Bonchev–Trinajstić information content (AvgIpc) is 2.27. The van der Waals surface area contributed by atoms with Crippen molar-refractivity contribution >= 4 is 5.97 Å². The van der Waals surface area contributed by atoms with Gasteiger partial charge in [-0.2, -0.15) is 0 Å². The normalized spacial score (nSPS) is 11.1. The zero-order valence-corrected chi connectivity index (χ0v) is 9.49. The van der Waals surface area contributed by atoms with E-state index in [1.54, 1.807) is 6.20 Å². The van der Waals surface area contributed by atoms with Gasteiger partial charge in [0.1, 0.15) is 0 Å². The third-order valence-corrected chi connectivity index (χ3v) is 2.54. The second-order valence-electron chi connectivity index (χ2n) is 4.17. The molecule has 0 saturated carbocycles. The molecular formula is C12H17NO2. The summed E-state index contributed by atoms with van der Waals surface area (Å²) in [6, 6.07) is 5.83. The van der Waals surface area contributed by atoms with E-state index in [9.17, 15) is 4.79 Å². The molecule has 1 aromatic rings. The molecule has 0 fully saturated rings. The Bertz CT molecular complexity index is 320. The summed E-state index contributed by atoms with van der Waals surface area (Å²) in [5.41, 5.74) is 0.920. The molecule has 0 N–H and O–H groups in total. The first-order chi connectivity index (χ1) is 7.06. The van der Waals surface area contributed by atoms with Crippen LogP contribution in [-0.4, -0.2) is 18.1 Å². The molecule has 0 radical (unpaired) electrons. The van der Waals surface area contributed by atoms with Crippen molar-refractivity contribution in [2.75, 3.05) is 7.11 Å². The van der Waals surface area contributed by atoms with E-state index < -0.39 is 0 Å². The van der Waals surface area contributed by atoms with Crippen LogP contribution in [-0.2, 0) is 14.9 Å². The third kappa shape index (κ3) is 3.35. The van der Waals surface area contributed by atoms with Gasteiger partial charge < -0.3 is 4.74 Å². The number of esters is 1. The van der Waals surface area contributed by atoms with Gasteiger partial charge in [-0.25, -0.2) is 0 Å². The number of ether oxygens (including phenoxy) is 1. The smallest absolute Gasteiger partial charge is 0.305 e. The van der Waals surface area contributed by atoms with Crippen LogP contribution in [0.1, 0.15) is 32.4 Å². The fourth-order valence-electron chi connectivity index (χ4n) is 1.41. The lowest BCUT2D eigenvalue weighted by molar-refractivity contribution is -0.141. The average molecular weight is 207 g/mol. The minimum Gasteiger partial charge on any atom is -0.469 e. The van der Waals surface area contributed by atoms with Crippen LogP contribution < -0.4 is 0 Å². The first-order valence-corrected chi connectivity index (χ1v) is 5.04. The molecule has 0 saturated heterocycles. The van der Waals surface area contributed by atoms with E-state index in [4.69, 9.17) is 0 Å². The van der Waals surface area contributed by atoms with E-state index in [1.807, 2.05) is 18.2 Å². The zero-order valence-electron chi connectivity index (χ0n) is 9.49. The highest BCUT2D eigenvalue weighted by molar-refractivity contribution is 5.69. The molecule has 1 aromatic heterocycles. The Kier molecular flexibility index (Phi) is 3.83. The van der Waals surface area contributed by atoms with Crippen LogP contribution in [0.25, 0.3) is 0 Å². The molecule has 3 nitrogen and oxygen atoms in total. The zero-order chi connectivity index (χ0) is 11.3. The Hall–Kier alpha value is -1.38. The third-order valence-electron chi connectivity index (χ3n) is 2.54. The van der Waals surface area contributed by atoms with Crippen LogP contribution in [0.2, 0.25) is 0 Å². The van der Waals surface area contributed by atoms with Crippen LogP contribution in [0.4, 0.5) is 0 Å². The maximum absolute atomic E-state index is 11.0. The van der Waals surface area contributed by atoms with Gasteiger partial charge >= 0.3 is 5.97 Å². The first-order valence-electron chi connectivity index (χ1n) is 5.04. The Morgan fingerprint density at radius 2 is 2.20 bits per heavy atom. The molecule has 0 amide bonds. The molecular weight excluding hydrogens is 190 g/mol. The number of nitrogens with zero attached hydrogens (tertiary/aromatic N) is 1. The summed E-state index contributed by atoms with van der Waals surface area (Å²) in [6.07, 6.45) is 2.95.